The molecule has 156 valence electrons. The lowest BCUT2D eigenvalue weighted by Crippen LogP contribution is -2.44. The molecular formula is C25H29N3O2. The lowest BCUT2D eigenvalue weighted by molar-refractivity contribution is -0.120. The summed E-state index contributed by atoms with van der Waals surface area (Å²) in [5.41, 5.74) is 6.50. The van der Waals surface area contributed by atoms with Gasteiger partial charge in [0.05, 0.1) is 36.4 Å². The van der Waals surface area contributed by atoms with Crippen LogP contribution >= 0.6 is 0 Å². The van der Waals surface area contributed by atoms with Gasteiger partial charge >= 0.3 is 0 Å². The fourth-order valence-electron chi connectivity index (χ4n) is 4.07. The highest BCUT2D eigenvalue weighted by atomic mass is 16.5. The molecule has 4 aromatic rings. The van der Waals surface area contributed by atoms with Crippen molar-refractivity contribution < 1.29 is 9.47 Å². The van der Waals surface area contributed by atoms with E-state index in [0.29, 0.717) is 6.61 Å². The Balaban J connectivity index is 1.72. The molecule has 0 saturated carbocycles. The molecule has 30 heavy (non-hydrogen) atoms. The first kappa shape index (κ1) is 19.3. The predicted octanol–water partition coefficient (Wildman–Crippen LogP) is 5.37. The van der Waals surface area contributed by atoms with Gasteiger partial charge in [-0.15, -0.1) is 0 Å². The first-order valence-corrected chi connectivity index (χ1v) is 10.6. The van der Waals surface area contributed by atoms with Crippen LogP contribution in [0.5, 0.6) is 5.75 Å². The van der Waals surface area contributed by atoms with Gasteiger partial charge in [-0.25, -0.2) is 9.97 Å². The second-order valence-electron chi connectivity index (χ2n) is 10.2. The molecule has 0 spiro atoms. The highest BCUT2D eigenvalue weighted by Gasteiger charge is 2.34. The van der Waals surface area contributed by atoms with E-state index >= 15 is 0 Å². The van der Waals surface area contributed by atoms with Crippen molar-refractivity contribution in [2.75, 3.05) is 19.8 Å². The number of rotatable bonds is 3. The number of fused-ring (bicyclic) bond motifs is 5. The standard InChI is InChI=1S/C25H29N3O2/c1-15-9-20-21(10-16(15)2)28-22(26-20)18-8-7-17(30-14-25(6)12-29-13-25)11-19(18)27-23(28)24(3,4)5/h7-11H,12-14H2,1-6H3. The second kappa shape index (κ2) is 6.42. The molecule has 1 saturated heterocycles. The normalized spacial score (nSPS) is 16.3. The van der Waals surface area contributed by atoms with Gasteiger partial charge in [-0.3, -0.25) is 4.40 Å². The van der Waals surface area contributed by atoms with Crippen LogP contribution in [-0.4, -0.2) is 34.2 Å². The molecule has 5 rings (SSSR count). The molecule has 3 heterocycles. The molecule has 0 N–H and O–H groups in total. The molecule has 5 nitrogen and oxygen atoms in total. The smallest absolute Gasteiger partial charge is 0.148 e. The Morgan fingerprint density at radius 1 is 1.03 bits per heavy atom. The number of hydrogen-bond donors (Lipinski definition) is 0. The van der Waals surface area contributed by atoms with E-state index in [2.05, 4.69) is 64.1 Å². The summed E-state index contributed by atoms with van der Waals surface area (Å²) in [4.78, 5) is 10.1. The van der Waals surface area contributed by atoms with Crippen molar-refractivity contribution in [1.29, 1.82) is 0 Å². The number of hydrogen-bond acceptors (Lipinski definition) is 4. The Morgan fingerprint density at radius 2 is 1.77 bits per heavy atom. The Labute approximate surface area is 177 Å². The summed E-state index contributed by atoms with van der Waals surface area (Å²) in [5.74, 6) is 1.85. The van der Waals surface area contributed by atoms with E-state index in [1.807, 2.05) is 12.1 Å². The molecule has 0 amide bonds. The molecule has 0 unspecified atom stereocenters. The summed E-state index contributed by atoms with van der Waals surface area (Å²) in [6.07, 6.45) is 0. The number of imidazole rings is 1. The Morgan fingerprint density at radius 3 is 2.43 bits per heavy atom. The minimum absolute atomic E-state index is 0.111. The van der Waals surface area contributed by atoms with Gasteiger partial charge in [-0.05, 0) is 49.2 Å². The van der Waals surface area contributed by atoms with Crippen LogP contribution in [-0.2, 0) is 10.2 Å². The summed E-state index contributed by atoms with van der Waals surface area (Å²) in [6.45, 7) is 15.2. The zero-order valence-corrected chi connectivity index (χ0v) is 18.7. The van der Waals surface area contributed by atoms with Gasteiger partial charge in [0.25, 0.3) is 0 Å². The van der Waals surface area contributed by atoms with Crippen molar-refractivity contribution >= 4 is 27.6 Å². The van der Waals surface area contributed by atoms with E-state index in [1.165, 1.54) is 11.1 Å². The quantitative estimate of drug-likeness (QED) is 0.462. The first-order chi connectivity index (χ1) is 14.1. The third-order valence-electron chi connectivity index (χ3n) is 6.08. The van der Waals surface area contributed by atoms with E-state index in [4.69, 9.17) is 19.4 Å². The summed E-state index contributed by atoms with van der Waals surface area (Å²) in [6, 6.07) is 10.6. The number of benzene rings is 2. The zero-order chi connectivity index (χ0) is 21.3. The van der Waals surface area contributed by atoms with E-state index in [9.17, 15) is 0 Å². The van der Waals surface area contributed by atoms with Crippen LogP contribution in [0.25, 0.3) is 27.6 Å². The van der Waals surface area contributed by atoms with Crippen LogP contribution in [0.2, 0.25) is 0 Å². The minimum atomic E-state index is -0.132. The monoisotopic (exact) mass is 403 g/mol. The molecule has 0 aliphatic carbocycles. The average molecular weight is 404 g/mol. The Bertz CT molecular complexity index is 1290. The van der Waals surface area contributed by atoms with Gasteiger partial charge in [0.1, 0.15) is 17.2 Å². The van der Waals surface area contributed by atoms with Crippen LogP contribution in [0.4, 0.5) is 0 Å². The molecule has 1 aliphatic rings. The van der Waals surface area contributed by atoms with Gasteiger partial charge in [0, 0.05) is 22.3 Å². The van der Waals surface area contributed by atoms with Crippen LogP contribution in [0.3, 0.4) is 0 Å². The topological polar surface area (TPSA) is 48.7 Å². The third-order valence-corrected chi connectivity index (χ3v) is 6.08. The number of ether oxygens (including phenoxy) is 2. The fraction of sp³-hybridized carbons (Fsp3) is 0.440. The van der Waals surface area contributed by atoms with E-state index in [1.54, 1.807) is 0 Å². The second-order valence-corrected chi connectivity index (χ2v) is 10.2. The third kappa shape index (κ3) is 3.03. The van der Waals surface area contributed by atoms with Crippen LogP contribution in [0, 0.1) is 19.3 Å². The fourth-order valence-corrected chi connectivity index (χ4v) is 4.07. The maximum Gasteiger partial charge on any atom is 0.148 e. The molecule has 1 fully saturated rings. The molecule has 0 atom stereocenters. The summed E-state index contributed by atoms with van der Waals surface area (Å²) >= 11 is 0. The lowest BCUT2D eigenvalue weighted by atomic mass is 9.90. The van der Waals surface area contributed by atoms with Crippen molar-refractivity contribution in [2.45, 2.75) is 47.0 Å². The largest absolute Gasteiger partial charge is 0.493 e. The molecule has 2 aromatic carbocycles. The number of nitrogens with zero attached hydrogens (tertiary/aromatic N) is 3. The highest BCUT2D eigenvalue weighted by molar-refractivity contribution is 5.97. The molecule has 5 heteroatoms. The minimum Gasteiger partial charge on any atom is -0.493 e. The van der Waals surface area contributed by atoms with Crippen molar-refractivity contribution in [3.63, 3.8) is 0 Å². The van der Waals surface area contributed by atoms with Crippen molar-refractivity contribution in [3.8, 4) is 5.75 Å². The predicted molar refractivity (Wildman–Crippen MR) is 121 cm³/mol. The van der Waals surface area contributed by atoms with E-state index < -0.39 is 0 Å². The van der Waals surface area contributed by atoms with Crippen molar-refractivity contribution in [2.24, 2.45) is 5.41 Å². The lowest BCUT2D eigenvalue weighted by Gasteiger charge is -2.37. The maximum absolute atomic E-state index is 6.10. The van der Waals surface area contributed by atoms with Gasteiger partial charge in [-0.1, -0.05) is 27.7 Å². The maximum atomic E-state index is 6.10. The highest BCUT2D eigenvalue weighted by Crippen LogP contribution is 2.33. The summed E-state index contributed by atoms with van der Waals surface area (Å²) < 4.78 is 13.7. The average Bonchev–Trinajstić information content (AvgIpc) is 3.01. The zero-order valence-electron chi connectivity index (χ0n) is 18.7. The molecule has 2 aromatic heterocycles. The Kier molecular flexibility index (Phi) is 4.13. The van der Waals surface area contributed by atoms with Gasteiger partial charge < -0.3 is 9.47 Å². The molecule has 1 aliphatic heterocycles. The molecule has 0 radical (unpaired) electrons. The number of aromatic nitrogens is 3. The van der Waals surface area contributed by atoms with Crippen LogP contribution < -0.4 is 4.74 Å². The SMILES string of the molecule is Cc1cc2nc3c4ccc(OCC5(C)COC5)cc4nc(C(C)(C)C)n3c2cc1C. The summed E-state index contributed by atoms with van der Waals surface area (Å²) in [7, 11) is 0. The van der Waals surface area contributed by atoms with Crippen molar-refractivity contribution in [1.82, 2.24) is 14.4 Å². The molecule has 0 bridgehead atoms. The van der Waals surface area contributed by atoms with Gasteiger partial charge in [-0.2, -0.15) is 0 Å². The van der Waals surface area contributed by atoms with Crippen LogP contribution in [0.15, 0.2) is 30.3 Å². The van der Waals surface area contributed by atoms with Gasteiger partial charge in [0.15, 0.2) is 0 Å². The van der Waals surface area contributed by atoms with E-state index in [-0.39, 0.29) is 10.8 Å². The summed E-state index contributed by atoms with van der Waals surface area (Å²) in [5, 5.41) is 1.04. The molecular weight excluding hydrogens is 374 g/mol. The van der Waals surface area contributed by atoms with Crippen molar-refractivity contribution in [3.05, 3.63) is 47.3 Å². The Hall–Kier alpha value is -2.66. The van der Waals surface area contributed by atoms with E-state index in [0.717, 1.165) is 52.4 Å². The van der Waals surface area contributed by atoms with Crippen LogP contribution in [0.1, 0.15) is 44.6 Å². The van der Waals surface area contributed by atoms with Gasteiger partial charge in [0.2, 0.25) is 0 Å². The first-order valence-electron chi connectivity index (χ1n) is 10.6. The number of aryl methyl sites for hydroxylation is 2.